The van der Waals surface area contributed by atoms with Gasteiger partial charge in [-0.15, -0.1) is 0 Å². The van der Waals surface area contributed by atoms with E-state index in [9.17, 15) is 4.39 Å². The van der Waals surface area contributed by atoms with Gasteiger partial charge in [0.2, 0.25) is 0 Å². The summed E-state index contributed by atoms with van der Waals surface area (Å²) in [5.41, 5.74) is 0.968. The van der Waals surface area contributed by atoms with E-state index in [-0.39, 0.29) is 16.9 Å². The predicted molar refractivity (Wildman–Crippen MR) is 71.5 cm³/mol. The molecule has 2 rings (SSSR count). The summed E-state index contributed by atoms with van der Waals surface area (Å²) in [4.78, 5) is 0. The second-order valence-corrected chi connectivity index (χ2v) is 5.28. The Morgan fingerprint density at radius 2 is 2.33 bits per heavy atom. The highest BCUT2D eigenvalue weighted by atomic mass is 35.5. The van der Waals surface area contributed by atoms with Crippen molar-refractivity contribution in [1.29, 1.82) is 0 Å². The van der Waals surface area contributed by atoms with E-state index in [2.05, 4.69) is 12.2 Å². The third-order valence-electron chi connectivity index (χ3n) is 3.76. The number of ether oxygens (including phenoxy) is 1. The van der Waals surface area contributed by atoms with Crippen LogP contribution < -0.4 is 5.32 Å². The third-order valence-corrected chi connectivity index (χ3v) is 4.07. The minimum absolute atomic E-state index is 0.178. The fourth-order valence-corrected chi connectivity index (χ4v) is 2.78. The first-order chi connectivity index (χ1) is 8.61. The van der Waals surface area contributed by atoms with Crippen LogP contribution in [-0.2, 0) is 11.2 Å². The van der Waals surface area contributed by atoms with Crippen molar-refractivity contribution < 1.29 is 9.13 Å². The lowest BCUT2D eigenvalue weighted by molar-refractivity contribution is 0.0963. The van der Waals surface area contributed by atoms with E-state index >= 15 is 0 Å². The Bertz CT molecular complexity index is 413. The average molecular weight is 272 g/mol. The highest BCUT2D eigenvalue weighted by molar-refractivity contribution is 6.30. The molecule has 1 fully saturated rings. The Hall–Kier alpha value is -0.640. The molecule has 0 aliphatic carbocycles. The summed E-state index contributed by atoms with van der Waals surface area (Å²) in [6.07, 6.45) is 2.12. The highest BCUT2D eigenvalue weighted by Gasteiger charge is 2.31. The van der Waals surface area contributed by atoms with Gasteiger partial charge in [-0.3, -0.25) is 0 Å². The van der Waals surface area contributed by atoms with E-state index in [1.54, 1.807) is 6.07 Å². The van der Waals surface area contributed by atoms with E-state index < -0.39 is 0 Å². The molecule has 0 bridgehead atoms. The van der Waals surface area contributed by atoms with Crippen LogP contribution in [0.3, 0.4) is 0 Å². The van der Waals surface area contributed by atoms with Crippen LogP contribution in [0, 0.1) is 11.7 Å². The Morgan fingerprint density at radius 1 is 1.56 bits per heavy atom. The van der Waals surface area contributed by atoms with E-state index in [4.69, 9.17) is 16.3 Å². The molecule has 1 aliphatic heterocycles. The molecule has 1 aliphatic rings. The molecule has 0 saturated carbocycles. The van der Waals surface area contributed by atoms with Gasteiger partial charge in [0, 0.05) is 18.6 Å². The highest BCUT2D eigenvalue weighted by Crippen LogP contribution is 2.26. The van der Waals surface area contributed by atoms with Crippen LogP contribution in [0.15, 0.2) is 18.2 Å². The largest absolute Gasteiger partial charge is 0.378 e. The van der Waals surface area contributed by atoms with Gasteiger partial charge in [0.1, 0.15) is 5.82 Å². The molecule has 1 aromatic carbocycles. The van der Waals surface area contributed by atoms with Crippen molar-refractivity contribution >= 4 is 11.6 Å². The molecule has 0 radical (unpaired) electrons. The smallest absolute Gasteiger partial charge is 0.142 e. The van der Waals surface area contributed by atoms with Gasteiger partial charge >= 0.3 is 0 Å². The van der Waals surface area contributed by atoms with E-state index in [0.29, 0.717) is 12.0 Å². The van der Waals surface area contributed by atoms with Crippen LogP contribution in [0.1, 0.15) is 18.9 Å². The van der Waals surface area contributed by atoms with Gasteiger partial charge in [0.15, 0.2) is 0 Å². The lowest BCUT2D eigenvalue weighted by Gasteiger charge is -2.25. The van der Waals surface area contributed by atoms with Crippen molar-refractivity contribution in [3.63, 3.8) is 0 Å². The molecule has 18 heavy (non-hydrogen) atoms. The van der Waals surface area contributed by atoms with Crippen LogP contribution >= 0.6 is 11.6 Å². The monoisotopic (exact) mass is 271 g/mol. The van der Waals surface area contributed by atoms with Crippen LogP contribution in [-0.4, -0.2) is 25.8 Å². The van der Waals surface area contributed by atoms with Crippen molar-refractivity contribution in [3.05, 3.63) is 34.6 Å². The summed E-state index contributed by atoms with van der Waals surface area (Å²) in [6.45, 7) is 2.92. The molecule has 3 unspecified atom stereocenters. The van der Waals surface area contributed by atoms with E-state index in [0.717, 1.165) is 25.0 Å². The number of likely N-dealkylation sites (N-methyl/N-ethyl adjacent to an activating group) is 1. The standard InChI is InChI=1S/C14H19ClFNO/c1-9-11(5-6-18-9)14(17-2)8-10-3-4-12(15)13(16)7-10/h3-4,7,9,11,14,17H,5-6,8H2,1-2H3. The van der Waals surface area contributed by atoms with Crippen LogP contribution in [0.4, 0.5) is 4.39 Å². The average Bonchev–Trinajstić information content (AvgIpc) is 2.77. The van der Waals surface area contributed by atoms with Crippen molar-refractivity contribution in [1.82, 2.24) is 5.32 Å². The lowest BCUT2D eigenvalue weighted by Crippen LogP contribution is -2.38. The second-order valence-electron chi connectivity index (χ2n) is 4.88. The minimum atomic E-state index is -0.347. The number of halogens is 2. The molecule has 4 heteroatoms. The van der Waals surface area contributed by atoms with Crippen LogP contribution in [0.2, 0.25) is 5.02 Å². The first-order valence-corrected chi connectivity index (χ1v) is 6.72. The topological polar surface area (TPSA) is 21.3 Å². The summed E-state index contributed by atoms with van der Waals surface area (Å²) < 4.78 is 19.0. The van der Waals surface area contributed by atoms with Crippen molar-refractivity contribution in [2.24, 2.45) is 5.92 Å². The molecule has 100 valence electrons. The molecular formula is C14H19ClFNO. The summed E-state index contributed by atoms with van der Waals surface area (Å²) >= 11 is 5.69. The van der Waals surface area contributed by atoms with E-state index in [1.165, 1.54) is 6.07 Å². The minimum Gasteiger partial charge on any atom is -0.378 e. The summed E-state index contributed by atoms with van der Waals surface area (Å²) in [7, 11) is 1.95. The number of hydrogen-bond donors (Lipinski definition) is 1. The van der Waals surface area contributed by atoms with Gasteiger partial charge in [-0.2, -0.15) is 0 Å². The first kappa shape index (κ1) is 13.8. The van der Waals surface area contributed by atoms with Crippen LogP contribution in [0.5, 0.6) is 0 Å². The number of hydrogen-bond acceptors (Lipinski definition) is 2. The van der Waals surface area contributed by atoms with Crippen molar-refractivity contribution in [2.75, 3.05) is 13.7 Å². The Balaban J connectivity index is 2.07. The molecule has 1 heterocycles. The van der Waals surface area contributed by atoms with Gasteiger partial charge in [-0.05, 0) is 44.5 Å². The van der Waals surface area contributed by atoms with Crippen molar-refractivity contribution in [2.45, 2.75) is 31.9 Å². The van der Waals surface area contributed by atoms with Gasteiger partial charge < -0.3 is 10.1 Å². The molecule has 0 spiro atoms. The maximum Gasteiger partial charge on any atom is 0.142 e. The molecule has 1 aromatic rings. The Labute approximate surface area is 112 Å². The first-order valence-electron chi connectivity index (χ1n) is 6.34. The van der Waals surface area contributed by atoms with Gasteiger partial charge in [-0.1, -0.05) is 17.7 Å². The molecule has 1 saturated heterocycles. The number of rotatable bonds is 4. The lowest BCUT2D eigenvalue weighted by atomic mass is 9.89. The fourth-order valence-electron chi connectivity index (χ4n) is 2.66. The predicted octanol–water partition coefficient (Wildman–Crippen LogP) is 3.03. The normalized spacial score (nSPS) is 25.3. The maximum absolute atomic E-state index is 13.4. The van der Waals surface area contributed by atoms with Crippen molar-refractivity contribution in [3.8, 4) is 0 Å². The fraction of sp³-hybridized carbons (Fsp3) is 0.571. The molecule has 2 nitrogen and oxygen atoms in total. The van der Waals surface area contributed by atoms with Crippen LogP contribution in [0.25, 0.3) is 0 Å². The molecule has 3 atom stereocenters. The van der Waals surface area contributed by atoms with Gasteiger partial charge in [0.25, 0.3) is 0 Å². The maximum atomic E-state index is 13.4. The second kappa shape index (κ2) is 6.00. The third kappa shape index (κ3) is 3.02. The van der Waals surface area contributed by atoms with E-state index in [1.807, 2.05) is 13.1 Å². The SMILES string of the molecule is CNC(Cc1ccc(Cl)c(F)c1)C1CCOC1C. The van der Waals surface area contributed by atoms with Gasteiger partial charge in [0.05, 0.1) is 11.1 Å². The molecular weight excluding hydrogens is 253 g/mol. The Morgan fingerprint density at radius 3 is 2.89 bits per heavy atom. The zero-order valence-corrected chi connectivity index (χ0v) is 11.5. The molecule has 0 amide bonds. The quantitative estimate of drug-likeness (QED) is 0.909. The number of benzene rings is 1. The zero-order chi connectivity index (χ0) is 13.1. The zero-order valence-electron chi connectivity index (χ0n) is 10.7. The Kier molecular flexibility index (Phi) is 4.60. The van der Waals surface area contributed by atoms with Gasteiger partial charge in [-0.25, -0.2) is 4.39 Å². The summed E-state index contributed by atoms with van der Waals surface area (Å²) in [5, 5.41) is 3.50. The summed E-state index contributed by atoms with van der Waals surface area (Å²) in [6, 6.07) is 5.33. The summed E-state index contributed by atoms with van der Waals surface area (Å²) in [5.74, 6) is 0.133. The molecule has 1 N–H and O–H groups in total. The number of nitrogens with one attached hydrogen (secondary N) is 1. The molecule has 0 aromatic heterocycles.